The lowest BCUT2D eigenvalue weighted by atomic mass is 10.1. The second-order valence-corrected chi connectivity index (χ2v) is 8.02. The molecule has 0 aliphatic rings. The Kier molecular flexibility index (Phi) is 8.83. The fourth-order valence-corrected chi connectivity index (χ4v) is 3.64. The maximum atomic E-state index is 11.1. The summed E-state index contributed by atoms with van der Waals surface area (Å²) in [5.41, 5.74) is 3.35. The van der Waals surface area contributed by atoms with Crippen molar-refractivity contribution >= 4 is 41.4 Å². The molecule has 0 bridgehead atoms. The molecule has 35 heavy (non-hydrogen) atoms. The molecule has 0 aliphatic carbocycles. The summed E-state index contributed by atoms with van der Waals surface area (Å²) < 4.78 is 0. The molecule has 2 aromatic carbocycles. The maximum Gasteiger partial charge on any atom is 0.346 e. The van der Waals surface area contributed by atoms with Crippen molar-refractivity contribution in [1.29, 1.82) is 0 Å². The Morgan fingerprint density at radius 2 is 1.31 bits per heavy atom. The summed E-state index contributed by atoms with van der Waals surface area (Å²) in [6.45, 7) is 6.49. The van der Waals surface area contributed by atoms with Crippen LogP contribution in [0.3, 0.4) is 0 Å². The molecule has 0 atom stereocenters. The van der Waals surface area contributed by atoms with Crippen LogP contribution in [0, 0.1) is 20.2 Å². The molecule has 0 fully saturated rings. The molecule has 1 aromatic heterocycles. The summed E-state index contributed by atoms with van der Waals surface area (Å²) in [5, 5.41) is 22.1. The van der Waals surface area contributed by atoms with Crippen molar-refractivity contribution in [3.63, 3.8) is 0 Å². The molecule has 8 heteroatoms. The van der Waals surface area contributed by atoms with Crippen molar-refractivity contribution in [3.05, 3.63) is 103 Å². The Hall–Kier alpha value is -4.33. The quantitative estimate of drug-likeness (QED) is 0.223. The molecule has 1 heterocycles. The van der Waals surface area contributed by atoms with Crippen molar-refractivity contribution in [2.75, 3.05) is 18.0 Å². The molecule has 0 amide bonds. The van der Waals surface area contributed by atoms with Crippen LogP contribution in [0.1, 0.15) is 49.1 Å². The highest BCUT2D eigenvalue weighted by Gasteiger charge is 2.23. The van der Waals surface area contributed by atoms with Gasteiger partial charge in [0.25, 0.3) is 0 Å². The summed E-state index contributed by atoms with van der Waals surface area (Å²) in [6.07, 6.45) is 11.3. The van der Waals surface area contributed by atoms with E-state index in [1.54, 1.807) is 18.3 Å². The minimum atomic E-state index is -0.763. The monoisotopic (exact) mass is 472 g/mol. The van der Waals surface area contributed by atoms with Crippen LogP contribution in [0.4, 0.5) is 17.1 Å². The van der Waals surface area contributed by atoms with E-state index in [0.29, 0.717) is 11.3 Å². The molecule has 180 valence electrons. The van der Waals surface area contributed by atoms with E-state index in [9.17, 15) is 20.2 Å². The topological polar surface area (TPSA) is 102 Å². The Morgan fingerprint density at radius 1 is 0.743 bits per heavy atom. The number of hydrogen-bond acceptors (Lipinski definition) is 6. The van der Waals surface area contributed by atoms with E-state index >= 15 is 0 Å². The predicted molar refractivity (Wildman–Crippen MR) is 141 cm³/mol. The molecular weight excluding hydrogens is 444 g/mol. The Balaban J connectivity index is 1.66. The second-order valence-electron chi connectivity index (χ2n) is 8.02. The van der Waals surface area contributed by atoms with Gasteiger partial charge in [-0.1, -0.05) is 50.3 Å². The number of anilines is 1. The molecule has 8 nitrogen and oxygen atoms in total. The molecule has 0 radical (unpaired) electrons. The zero-order valence-electron chi connectivity index (χ0n) is 19.8. The Morgan fingerprint density at radius 3 is 1.89 bits per heavy atom. The second kappa shape index (κ2) is 12.2. The van der Waals surface area contributed by atoms with Gasteiger partial charge in [0.1, 0.15) is 0 Å². The van der Waals surface area contributed by atoms with Crippen LogP contribution in [0.15, 0.2) is 60.8 Å². The van der Waals surface area contributed by atoms with Crippen LogP contribution in [0.5, 0.6) is 0 Å². The minimum absolute atomic E-state index is 0.480. The summed E-state index contributed by atoms with van der Waals surface area (Å²) in [7, 11) is 0. The summed E-state index contributed by atoms with van der Waals surface area (Å²) in [5.74, 6) is 0. The average molecular weight is 473 g/mol. The van der Waals surface area contributed by atoms with Crippen LogP contribution >= 0.6 is 0 Å². The largest absolute Gasteiger partial charge is 0.372 e. The Bertz CT molecular complexity index is 1210. The average Bonchev–Trinajstić information content (AvgIpc) is 2.86. The number of rotatable bonds is 11. The number of hydrogen-bond donors (Lipinski definition) is 0. The van der Waals surface area contributed by atoms with Gasteiger partial charge in [-0.05, 0) is 59.9 Å². The smallest absolute Gasteiger partial charge is 0.346 e. The van der Waals surface area contributed by atoms with E-state index in [1.165, 1.54) is 17.8 Å². The van der Waals surface area contributed by atoms with Gasteiger partial charge < -0.3 is 4.90 Å². The molecule has 0 saturated heterocycles. The number of nitro benzene ring substituents is 2. The first-order valence-corrected chi connectivity index (χ1v) is 11.5. The molecule has 0 saturated carbocycles. The molecule has 3 rings (SSSR count). The number of nitro groups is 2. The summed E-state index contributed by atoms with van der Waals surface area (Å²) >= 11 is 0. The first-order chi connectivity index (χ1) is 16.9. The maximum absolute atomic E-state index is 11.1. The number of nitrogens with zero attached hydrogens (tertiary/aromatic N) is 4. The number of pyridine rings is 1. The van der Waals surface area contributed by atoms with Gasteiger partial charge >= 0.3 is 11.4 Å². The van der Waals surface area contributed by atoms with Gasteiger partial charge in [0.2, 0.25) is 0 Å². The molecule has 0 aliphatic heterocycles. The first-order valence-electron chi connectivity index (χ1n) is 11.5. The zero-order valence-corrected chi connectivity index (χ0v) is 19.8. The SMILES string of the molecule is CCCN(CCC)c1ccc(/C=C/c2ccc(/C=C/c3ccc([N+](=O)[O-])c([N+](=O)[O-])c3)nc2)cc1. The number of benzene rings is 2. The lowest BCUT2D eigenvalue weighted by Crippen LogP contribution is -2.24. The van der Waals surface area contributed by atoms with Crippen LogP contribution in [-0.4, -0.2) is 27.9 Å². The van der Waals surface area contributed by atoms with Gasteiger partial charge in [-0.15, -0.1) is 0 Å². The van der Waals surface area contributed by atoms with Gasteiger partial charge in [-0.25, -0.2) is 0 Å². The van der Waals surface area contributed by atoms with Gasteiger partial charge in [-0.3, -0.25) is 25.2 Å². The highest BCUT2D eigenvalue weighted by Crippen LogP contribution is 2.28. The lowest BCUT2D eigenvalue weighted by Gasteiger charge is -2.23. The minimum Gasteiger partial charge on any atom is -0.372 e. The highest BCUT2D eigenvalue weighted by molar-refractivity contribution is 5.73. The molecule has 0 N–H and O–H groups in total. The molecule has 0 unspecified atom stereocenters. The molecule has 3 aromatic rings. The van der Waals surface area contributed by atoms with Crippen LogP contribution in [-0.2, 0) is 0 Å². The Labute approximate surface area is 204 Å². The van der Waals surface area contributed by atoms with Crippen LogP contribution in [0.25, 0.3) is 24.3 Å². The van der Waals surface area contributed by atoms with E-state index in [-0.39, 0.29) is 0 Å². The standard InChI is InChI=1S/C27H28N4O4/c1-3-17-29(18-4-2)25-14-9-21(10-15-25)5-6-23-8-13-24(28-20-23)12-7-22-11-16-26(30(32)33)27(19-22)31(34)35/h5-16,19-20H,3-4,17-18H2,1-2H3/b6-5+,12-7+. The number of aromatic nitrogens is 1. The highest BCUT2D eigenvalue weighted by atomic mass is 16.6. The predicted octanol–water partition coefficient (Wildman–Crippen LogP) is 6.87. The van der Waals surface area contributed by atoms with Crippen molar-refractivity contribution in [2.45, 2.75) is 26.7 Å². The van der Waals surface area contributed by atoms with E-state index in [4.69, 9.17) is 0 Å². The van der Waals surface area contributed by atoms with Crippen molar-refractivity contribution in [3.8, 4) is 0 Å². The van der Waals surface area contributed by atoms with Crippen molar-refractivity contribution in [1.82, 2.24) is 4.98 Å². The fraction of sp³-hybridized carbons (Fsp3) is 0.222. The van der Waals surface area contributed by atoms with E-state index in [1.807, 2.05) is 24.3 Å². The molecule has 0 spiro atoms. The third-order valence-electron chi connectivity index (χ3n) is 5.36. The van der Waals surface area contributed by atoms with E-state index < -0.39 is 21.2 Å². The lowest BCUT2D eigenvalue weighted by molar-refractivity contribution is -0.422. The normalized spacial score (nSPS) is 11.3. The van der Waals surface area contributed by atoms with E-state index in [2.05, 4.69) is 48.0 Å². The van der Waals surface area contributed by atoms with Gasteiger partial charge in [0.15, 0.2) is 0 Å². The van der Waals surface area contributed by atoms with Crippen LogP contribution in [0.2, 0.25) is 0 Å². The summed E-state index contributed by atoms with van der Waals surface area (Å²) in [6, 6.07) is 16.1. The van der Waals surface area contributed by atoms with Gasteiger partial charge in [0, 0.05) is 37.1 Å². The third kappa shape index (κ3) is 7.07. The fourth-order valence-electron chi connectivity index (χ4n) is 3.64. The third-order valence-corrected chi connectivity index (χ3v) is 5.36. The summed E-state index contributed by atoms with van der Waals surface area (Å²) in [4.78, 5) is 27.3. The van der Waals surface area contributed by atoms with Crippen LogP contribution < -0.4 is 4.90 Å². The zero-order chi connectivity index (χ0) is 25.2. The molecular formula is C27H28N4O4. The van der Waals surface area contributed by atoms with Crippen molar-refractivity contribution < 1.29 is 9.85 Å². The van der Waals surface area contributed by atoms with Gasteiger partial charge in [0.05, 0.1) is 15.5 Å². The first kappa shape index (κ1) is 25.3. The van der Waals surface area contributed by atoms with Crippen molar-refractivity contribution in [2.24, 2.45) is 0 Å². The van der Waals surface area contributed by atoms with E-state index in [0.717, 1.165) is 43.1 Å². The van der Waals surface area contributed by atoms with Gasteiger partial charge in [-0.2, -0.15) is 0 Å².